The molecule has 1 heterocycles. The summed E-state index contributed by atoms with van der Waals surface area (Å²) in [5.74, 6) is -0.449. The fourth-order valence-electron chi connectivity index (χ4n) is 5.06. The average Bonchev–Trinajstić information content (AvgIpc) is 2.92. The zero-order chi connectivity index (χ0) is 26.4. The van der Waals surface area contributed by atoms with Gasteiger partial charge in [-0.25, -0.2) is 18.6 Å². The van der Waals surface area contributed by atoms with Crippen LogP contribution in [-0.4, -0.2) is 43.8 Å². The highest BCUT2D eigenvalue weighted by Gasteiger charge is 2.26. The Morgan fingerprint density at radius 2 is 1.92 bits per heavy atom. The number of methoxy groups -OCH3 is 2. The van der Waals surface area contributed by atoms with E-state index in [4.69, 9.17) is 15.2 Å². The normalized spacial score (nSPS) is 18.7. The molecule has 1 aromatic heterocycles. The van der Waals surface area contributed by atoms with E-state index in [1.807, 2.05) is 18.2 Å². The number of halogens is 2. The lowest BCUT2D eigenvalue weighted by atomic mass is 9.79. The van der Waals surface area contributed by atoms with Crippen LogP contribution in [0.15, 0.2) is 48.5 Å². The van der Waals surface area contributed by atoms with Crippen molar-refractivity contribution in [2.75, 3.05) is 20.8 Å². The molecule has 0 aliphatic heterocycles. The molecule has 2 aromatic carbocycles. The van der Waals surface area contributed by atoms with Crippen LogP contribution in [0.25, 0.3) is 17.0 Å². The van der Waals surface area contributed by atoms with E-state index in [0.717, 1.165) is 48.8 Å². The SMILES string of the molecule is COC(=O)c1ccc(C[C@H](N)C2CCC(NCC=Cc3cc(F)ccc3F)CC2)c2nc(OC)ccc12. The monoisotopic (exact) mass is 509 g/mol. The molecule has 1 aliphatic rings. The molecule has 8 heteroatoms. The van der Waals surface area contributed by atoms with Gasteiger partial charge in [0.2, 0.25) is 5.88 Å². The Labute approximate surface area is 215 Å². The largest absolute Gasteiger partial charge is 0.481 e. The summed E-state index contributed by atoms with van der Waals surface area (Å²) in [6.07, 6.45) is 8.05. The number of carbonyl (C=O) groups excluding carboxylic acids is 1. The predicted molar refractivity (Wildman–Crippen MR) is 140 cm³/mol. The van der Waals surface area contributed by atoms with E-state index in [0.29, 0.717) is 41.9 Å². The second-order valence-corrected chi connectivity index (χ2v) is 9.47. The van der Waals surface area contributed by atoms with Gasteiger partial charge in [-0.15, -0.1) is 0 Å². The third-order valence-electron chi connectivity index (χ3n) is 7.14. The predicted octanol–water partition coefficient (Wildman–Crippen LogP) is 5.04. The first-order chi connectivity index (χ1) is 17.9. The first-order valence-electron chi connectivity index (χ1n) is 12.5. The number of nitrogens with zero attached hydrogens (tertiary/aromatic N) is 1. The molecule has 0 bridgehead atoms. The smallest absolute Gasteiger partial charge is 0.338 e. The number of pyridine rings is 1. The molecule has 3 N–H and O–H groups in total. The molecule has 1 aliphatic carbocycles. The highest BCUT2D eigenvalue weighted by atomic mass is 19.1. The quantitative estimate of drug-likeness (QED) is 0.393. The van der Waals surface area contributed by atoms with Gasteiger partial charge in [-0.05, 0) is 73.9 Å². The van der Waals surface area contributed by atoms with Crippen molar-refractivity contribution in [3.63, 3.8) is 0 Å². The summed E-state index contributed by atoms with van der Waals surface area (Å²) in [5, 5.41) is 4.20. The summed E-state index contributed by atoms with van der Waals surface area (Å²) < 4.78 is 37.3. The number of nitrogens with one attached hydrogen (secondary N) is 1. The summed E-state index contributed by atoms with van der Waals surface area (Å²) in [6.45, 7) is 0.587. The van der Waals surface area contributed by atoms with Crippen LogP contribution in [0.4, 0.5) is 8.78 Å². The molecule has 0 radical (unpaired) electrons. The van der Waals surface area contributed by atoms with Crippen LogP contribution in [0.5, 0.6) is 5.88 Å². The van der Waals surface area contributed by atoms with E-state index in [9.17, 15) is 13.6 Å². The molecule has 1 fully saturated rings. The molecular weight excluding hydrogens is 476 g/mol. The number of esters is 1. The number of hydrogen-bond donors (Lipinski definition) is 2. The number of rotatable bonds is 9. The number of ether oxygens (including phenoxy) is 2. The van der Waals surface area contributed by atoms with Crippen molar-refractivity contribution >= 4 is 22.9 Å². The van der Waals surface area contributed by atoms with E-state index in [1.165, 1.54) is 13.2 Å². The molecule has 196 valence electrons. The van der Waals surface area contributed by atoms with E-state index in [-0.39, 0.29) is 11.6 Å². The summed E-state index contributed by atoms with van der Waals surface area (Å²) in [6, 6.07) is 11.0. The molecular formula is C29H33F2N3O3. The maximum atomic E-state index is 13.7. The lowest BCUT2D eigenvalue weighted by Crippen LogP contribution is -2.39. The number of benzene rings is 2. The summed E-state index contributed by atoms with van der Waals surface area (Å²) >= 11 is 0. The summed E-state index contributed by atoms with van der Waals surface area (Å²) in [7, 11) is 2.92. The van der Waals surface area contributed by atoms with Crippen LogP contribution < -0.4 is 15.8 Å². The molecule has 1 atom stereocenters. The molecule has 4 rings (SSSR count). The zero-order valence-corrected chi connectivity index (χ0v) is 21.2. The van der Waals surface area contributed by atoms with Gasteiger partial charge in [0.1, 0.15) is 11.6 Å². The van der Waals surface area contributed by atoms with Crippen molar-refractivity contribution in [2.24, 2.45) is 11.7 Å². The first-order valence-corrected chi connectivity index (χ1v) is 12.5. The van der Waals surface area contributed by atoms with Crippen molar-refractivity contribution in [3.8, 4) is 5.88 Å². The third kappa shape index (κ3) is 6.50. The molecule has 3 aromatic rings. The van der Waals surface area contributed by atoms with Gasteiger partial charge in [0.15, 0.2) is 0 Å². The van der Waals surface area contributed by atoms with Crippen LogP contribution >= 0.6 is 0 Å². The maximum absolute atomic E-state index is 13.7. The first kappa shape index (κ1) is 26.7. The average molecular weight is 510 g/mol. The van der Waals surface area contributed by atoms with Gasteiger partial charge in [0.05, 0.1) is 25.3 Å². The van der Waals surface area contributed by atoms with Crippen LogP contribution in [0.1, 0.15) is 47.2 Å². The highest BCUT2D eigenvalue weighted by molar-refractivity contribution is 6.04. The lowest BCUT2D eigenvalue weighted by molar-refractivity contribution is 0.0603. The minimum Gasteiger partial charge on any atom is -0.481 e. The fraction of sp³-hybridized carbons (Fsp3) is 0.379. The summed E-state index contributed by atoms with van der Waals surface area (Å²) in [4.78, 5) is 16.8. The fourth-order valence-corrected chi connectivity index (χ4v) is 5.06. The molecule has 37 heavy (non-hydrogen) atoms. The van der Waals surface area contributed by atoms with Gasteiger partial charge in [0, 0.05) is 35.6 Å². The molecule has 0 amide bonds. The second-order valence-electron chi connectivity index (χ2n) is 9.47. The van der Waals surface area contributed by atoms with Gasteiger partial charge in [-0.2, -0.15) is 0 Å². The minimum atomic E-state index is -0.453. The van der Waals surface area contributed by atoms with Crippen LogP contribution in [0, 0.1) is 17.6 Å². The zero-order valence-electron chi connectivity index (χ0n) is 21.2. The van der Waals surface area contributed by atoms with Gasteiger partial charge in [-0.3, -0.25) is 0 Å². The standard InChI is InChI=1S/C29H33F2N3O3/c1-36-27-14-12-23-24(29(35)37-2)11-7-20(28(23)34-27)17-26(32)18-5-9-22(10-6-18)33-15-3-4-19-16-21(30)8-13-25(19)31/h3-4,7-8,11-14,16,18,22,26,33H,5-6,9-10,15,17,32H2,1-2H3/t18?,22?,26-/m0/s1. The minimum absolute atomic E-state index is 0.0445. The van der Waals surface area contributed by atoms with Crippen molar-refractivity contribution in [1.82, 2.24) is 10.3 Å². The van der Waals surface area contributed by atoms with Crippen molar-refractivity contribution in [2.45, 2.75) is 44.2 Å². The van der Waals surface area contributed by atoms with E-state index < -0.39 is 17.6 Å². The summed E-state index contributed by atoms with van der Waals surface area (Å²) in [5.41, 5.74) is 9.06. The van der Waals surface area contributed by atoms with Crippen molar-refractivity contribution in [3.05, 3.63) is 76.9 Å². The number of fused-ring (bicyclic) bond motifs is 1. The topological polar surface area (TPSA) is 86.5 Å². The highest BCUT2D eigenvalue weighted by Crippen LogP contribution is 2.30. The van der Waals surface area contributed by atoms with Gasteiger partial charge in [0.25, 0.3) is 0 Å². The van der Waals surface area contributed by atoms with Crippen LogP contribution in [0.2, 0.25) is 0 Å². The van der Waals surface area contributed by atoms with Crippen molar-refractivity contribution < 1.29 is 23.0 Å². The number of nitrogens with two attached hydrogens (primary N) is 1. The molecule has 1 saturated carbocycles. The van der Waals surface area contributed by atoms with Crippen molar-refractivity contribution in [1.29, 1.82) is 0 Å². The number of aromatic nitrogens is 1. The molecule has 6 nitrogen and oxygen atoms in total. The lowest BCUT2D eigenvalue weighted by Gasteiger charge is -2.32. The van der Waals surface area contributed by atoms with E-state index in [2.05, 4.69) is 10.3 Å². The van der Waals surface area contributed by atoms with E-state index in [1.54, 1.807) is 25.3 Å². The maximum Gasteiger partial charge on any atom is 0.338 e. The van der Waals surface area contributed by atoms with Gasteiger partial charge in [-0.1, -0.05) is 18.2 Å². The Bertz CT molecular complexity index is 1270. The van der Waals surface area contributed by atoms with E-state index >= 15 is 0 Å². The molecule has 0 spiro atoms. The Balaban J connectivity index is 1.34. The van der Waals surface area contributed by atoms with Crippen LogP contribution in [-0.2, 0) is 11.2 Å². The second kappa shape index (κ2) is 12.3. The Hall–Kier alpha value is -3.36. The number of hydrogen-bond acceptors (Lipinski definition) is 6. The van der Waals surface area contributed by atoms with Gasteiger partial charge < -0.3 is 20.5 Å². The van der Waals surface area contributed by atoms with Crippen LogP contribution in [0.3, 0.4) is 0 Å². The molecule has 0 unspecified atom stereocenters. The Kier molecular flexibility index (Phi) is 8.84. The third-order valence-corrected chi connectivity index (χ3v) is 7.14. The van der Waals surface area contributed by atoms with Gasteiger partial charge >= 0.3 is 5.97 Å². The Morgan fingerprint density at radius 1 is 1.14 bits per heavy atom. The Morgan fingerprint density at radius 3 is 2.65 bits per heavy atom. The molecule has 0 saturated heterocycles. The number of carbonyl (C=O) groups is 1.